The SMILES string of the molecule is O=C(C[NH+]1CC[NH+](Cc2ccc(Br)s2)CC1)Nc1ccc(F)cc1. The van der Waals surface area contributed by atoms with E-state index in [1.165, 1.54) is 25.7 Å². The van der Waals surface area contributed by atoms with Crippen LogP contribution in [0.4, 0.5) is 10.1 Å². The van der Waals surface area contributed by atoms with Gasteiger partial charge in [-0.15, -0.1) is 11.3 Å². The molecule has 0 radical (unpaired) electrons. The molecular weight excluding hydrogens is 393 g/mol. The van der Waals surface area contributed by atoms with Crippen LogP contribution in [0.15, 0.2) is 40.2 Å². The molecule has 1 amide bonds. The fraction of sp³-hybridized carbons (Fsp3) is 0.353. The lowest BCUT2D eigenvalue weighted by atomic mass is 10.3. The first-order valence-corrected chi connectivity index (χ1v) is 9.66. The van der Waals surface area contributed by atoms with E-state index in [0.717, 1.165) is 32.7 Å². The molecule has 3 rings (SSSR count). The van der Waals surface area contributed by atoms with Crippen LogP contribution in [0.2, 0.25) is 0 Å². The number of nitrogens with one attached hydrogen (secondary N) is 3. The molecule has 128 valence electrons. The average Bonchev–Trinajstić information content (AvgIpc) is 2.96. The van der Waals surface area contributed by atoms with E-state index in [1.54, 1.807) is 28.4 Å². The topological polar surface area (TPSA) is 38.0 Å². The number of carbonyl (C=O) groups is 1. The summed E-state index contributed by atoms with van der Waals surface area (Å²) >= 11 is 5.30. The highest BCUT2D eigenvalue weighted by Crippen LogP contribution is 2.21. The van der Waals surface area contributed by atoms with E-state index in [1.807, 2.05) is 0 Å². The molecule has 1 fully saturated rings. The first kappa shape index (κ1) is 17.5. The van der Waals surface area contributed by atoms with Crippen molar-refractivity contribution in [1.82, 2.24) is 0 Å². The van der Waals surface area contributed by atoms with Gasteiger partial charge < -0.3 is 15.1 Å². The zero-order valence-corrected chi connectivity index (χ0v) is 15.7. The van der Waals surface area contributed by atoms with Gasteiger partial charge in [0.25, 0.3) is 5.91 Å². The highest BCUT2D eigenvalue weighted by Gasteiger charge is 2.25. The third-order valence-electron chi connectivity index (χ3n) is 4.26. The van der Waals surface area contributed by atoms with E-state index in [0.29, 0.717) is 12.2 Å². The highest BCUT2D eigenvalue weighted by atomic mass is 79.9. The Kier molecular flexibility index (Phi) is 5.99. The predicted molar refractivity (Wildman–Crippen MR) is 97.0 cm³/mol. The van der Waals surface area contributed by atoms with Gasteiger partial charge in [0, 0.05) is 5.69 Å². The van der Waals surface area contributed by atoms with E-state index < -0.39 is 0 Å². The van der Waals surface area contributed by atoms with Crippen molar-refractivity contribution < 1.29 is 19.0 Å². The van der Waals surface area contributed by atoms with E-state index in [-0.39, 0.29) is 11.7 Å². The van der Waals surface area contributed by atoms with Gasteiger partial charge in [-0.3, -0.25) is 4.79 Å². The summed E-state index contributed by atoms with van der Waals surface area (Å²) in [4.78, 5) is 16.4. The molecule has 2 aromatic rings. The number of rotatable bonds is 5. The fourth-order valence-corrected chi connectivity index (χ4v) is 4.52. The van der Waals surface area contributed by atoms with E-state index in [4.69, 9.17) is 0 Å². The molecule has 0 saturated carbocycles. The summed E-state index contributed by atoms with van der Waals surface area (Å²) in [6.45, 7) is 5.68. The Bertz CT molecular complexity index is 683. The molecule has 3 N–H and O–H groups in total. The van der Waals surface area contributed by atoms with Gasteiger partial charge in [-0.25, -0.2) is 4.39 Å². The number of thiophene rings is 1. The van der Waals surface area contributed by atoms with Gasteiger partial charge in [0.1, 0.15) is 38.5 Å². The number of hydrogen-bond donors (Lipinski definition) is 3. The summed E-state index contributed by atoms with van der Waals surface area (Å²) in [5, 5.41) is 2.83. The number of halogens is 2. The quantitative estimate of drug-likeness (QED) is 0.658. The number of piperazine rings is 1. The van der Waals surface area contributed by atoms with E-state index >= 15 is 0 Å². The highest BCUT2D eigenvalue weighted by molar-refractivity contribution is 9.11. The molecule has 1 aliphatic heterocycles. The molecule has 0 aliphatic carbocycles. The molecule has 0 unspecified atom stereocenters. The van der Waals surface area contributed by atoms with Gasteiger partial charge in [0.05, 0.1) is 8.66 Å². The predicted octanol–water partition coefficient (Wildman–Crippen LogP) is 0.572. The van der Waals surface area contributed by atoms with Gasteiger partial charge in [0.15, 0.2) is 6.54 Å². The minimum Gasteiger partial charge on any atom is -0.321 e. The average molecular weight is 414 g/mol. The second-order valence-electron chi connectivity index (χ2n) is 6.11. The molecule has 2 heterocycles. The van der Waals surface area contributed by atoms with Crippen LogP contribution in [-0.2, 0) is 11.3 Å². The summed E-state index contributed by atoms with van der Waals surface area (Å²) < 4.78 is 14.0. The molecule has 7 heteroatoms. The van der Waals surface area contributed by atoms with Crippen LogP contribution in [0.25, 0.3) is 0 Å². The summed E-state index contributed by atoms with van der Waals surface area (Å²) in [5.41, 5.74) is 0.647. The Balaban J connectivity index is 1.41. The molecule has 0 spiro atoms. The first-order valence-electron chi connectivity index (χ1n) is 8.05. The molecular formula is C17H21BrFN3OS+2. The third-order valence-corrected chi connectivity index (χ3v) is 5.88. The molecule has 4 nitrogen and oxygen atoms in total. The second kappa shape index (κ2) is 8.20. The van der Waals surface area contributed by atoms with Gasteiger partial charge in [0.2, 0.25) is 0 Å². The van der Waals surface area contributed by atoms with Crippen molar-refractivity contribution in [3.05, 3.63) is 50.9 Å². The Morgan fingerprint density at radius 3 is 2.38 bits per heavy atom. The zero-order valence-electron chi connectivity index (χ0n) is 13.3. The fourth-order valence-electron chi connectivity index (χ4n) is 2.97. The lowest BCUT2D eigenvalue weighted by Crippen LogP contribution is -3.28. The smallest absolute Gasteiger partial charge is 0.279 e. The number of amides is 1. The van der Waals surface area contributed by atoms with Gasteiger partial charge in [-0.2, -0.15) is 0 Å². The van der Waals surface area contributed by atoms with E-state index in [2.05, 4.69) is 33.4 Å². The summed E-state index contributed by atoms with van der Waals surface area (Å²) in [7, 11) is 0. The first-order chi connectivity index (χ1) is 11.6. The van der Waals surface area contributed by atoms with Crippen molar-refractivity contribution in [2.75, 3.05) is 38.0 Å². The van der Waals surface area contributed by atoms with Gasteiger partial charge >= 0.3 is 0 Å². The standard InChI is InChI=1S/C17H19BrFN3OS/c18-16-6-5-15(24-16)11-21-7-9-22(10-8-21)12-17(23)20-14-3-1-13(19)2-4-14/h1-6H,7-12H2,(H,20,23)/p+2. The molecule has 1 aliphatic rings. The summed E-state index contributed by atoms with van der Waals surface area (Å²) in [6.07, 6.45) is 0. The number of hydrogen-bond acceptors (Lipinski definition) is 2. The maximum Gasteiger partial charge on any atom is 0.279 e. The van der Waals surface area contributed by atoms with Crippen LogP contribution in [0.1, 0.15) is 4.88 Å². The van der Waals surface area contributed by atoms with Gasteiger partial charge in [-0.1, -0.05) is 0 Å². The van der Waals surface area contributed by atoms with Crippen molar-refractivity contribution in [3.63, 3.8) is 0 Å². The Morgan fingerprint density at radius 2 is 1.75 bits per heavy atom. The number of carbonyl (C=O) groups excluding carboxylic acids is 1. The minimum absolute atomic E-state index is 0.0118. The van der Waals surface area contributed by atoms with Gasteiger partial charge in [-0.05, 0) is 52.3 Å². The normalized spacial score (nSPS) is 20.8. The van der Waals surface area contributed by atoms with Crippen LogP contribution in [0, 0.1) is 5.82 Å². The Hall–Kier alpha value is -1.28. The van der Waals surface area contributed by atoms with Crippen LogP contribution in [0.5, 0.6) is 0 Å². The van der Waals surface area contributed by atoms with Crippen molar-refractivity contribution in [3.8, 4) is 0 Å². The molecule has 24 heavy (non-hydrogen) atoms. The van der Waals surface area contributed by atoms with E-state index in [9.17, 15) is 9.18 Å². The van der Waals surface area contributed by atoms with Crippen LogP contribution in [-0.4, -0.2) is 38.6 Å². The third kappa shape index (κ3) is 5.11. The number of benzene rings is 1. The Labute approximate surface area is 153 Å². The molecule has 0 atom stereocenters. The van der Waals surface area contributed by atoms with Crippen LogP contribution in [0.3, 0.4) is 0 Å². The second-order valence-corrected chi connectivity index (χ2v) is 8.66. The molecule has 1 saturated heterocycles. The Morgan fingerprint density at radius 1 is 1.08 bits per heavy atom. The monoisotopic (exact) mass is 413 g/mol. The largest absolute Gasteiger partial charge is 0.321 e. The molecule has 1 aromatic carbocycles. The number of quaternary nitrogens is 2. The van der Waals surface area contributed by atoms with Crippen molar-refractivity contribution >= 4 is 38.9 Å². The maximum absolute atomic E-state index is 12.9. The van der Waals surface area contributed by atoms with Crippen molar-refractivity contribution in [2.45, 2.75) is 6.54 Å². The number of anilines is 1. The van der Waals surface area contributed by atoms with Crippen LogP contribution < -0.4 is 15.1 Å². The summed E-state index contributed by atoms with van der Waals surface area (Å²) in [6, 6.07) is 10.2. The molecule has 0 bridgehead atoms. The molecule has 1 aromatic heterocycles. The maximum atomic E-state index is 12.9. The van der Waals surface area contributed by atoms with Crippen LogP contribution >= 0.6 is 27.3 Å². The minimum atomic E-state index is -0.296. The lowest BCUT2D eigenvalue weighted by molar-refractivity contribution is -1.01. The zero-order chi connectivity index (χ0) is 16.9. The van der Waals surface area contributed by atoms with Crippen molar-refractivity contribution in [2.24, 2.45) is 0 Å². The van der Waals surface area contributed by atoms with Crippen molar-refractivity contribution in [1.29, 1.82) is 0 Å². The lowest BCUT2D eigenvalue weighted by Gasteiger charge is -2.29. The summed E-state index contributed by atoms with van der Waals surface area (Å²) in [5.74, 6) is -0.308.